The number of hydrogen-bond acceptors (Lipinski definition) is 5. The summed E-state index contributed by atoms with van der Waals surface area (Å²) in [6, 6.07) is 11.0. The summed E-state index contributed by atoms with van der Waals surface area (Å²) in [4.78, 5) is 27.1. The summed E-state index contributed by atoms with van der Waals surface area (Å²) in [5.74, 6) is -2.80. The monoisotopic (exact) mass is 676 g/mol. The molecule has 2 fully saturated rings. The highest BCUT2D eigenvalue weighted by Gasteiger charge is 2.61. The fraction of sp³-hybridized carbons (Fsp3) is 0.412. The van der Waals surface area contributed by atoms with E-state index in [0.717, 1.165) is 30.3 Å². The van der Waals surface area contributed by atoms with Crippen molar-refractivity contribution < 1.29 is 44.7 Å². The number of likely N-dealkylation sites (tertiary alicyclic amines) is 1. The maximum Gasteiger partial charge on any atom is 0.416 e. The van der Waals surface area contributed by atoms with Crippen LogP contribution < -0.4 is 10.5 Å². The average molecular weight is 677 g/mol. The number of ether oxygens (including phenoxy) is 1. The zero-order chi connectivity index (χ0) is 33.7. The van der Waals surface area contributed by atoms with Gasteiger partial charge in [0, 0.05) is 23.9 Å². The number of hydrogen-bond donors (Lipinski definition) is 1. The summed E-state index contributed by atoms with van der Waals surface area (Å²) < 4.78 is 102. The molecule has 250 valence electrons. The number of carbonyl (C=O) groups excluding carboxylic acids is 2. The molecule has 2 atom stereocenters. The number of primary amides is 1. The molecule has 3 aromatic rings. The number of nitrogens with two attached hydrogens (primary N) is 1. The normalized spacial score (nSPS) is 24.4. The van der Waals surface area contributed by atoms with E-state index in [-0.39, 0.29) is 47.8 Å². The molecule has 7 nitrogen and oxygen atoms in total. The summed E-state index contributed by atoms with van der Waals surface area (Å²) in [5.41, 5.74) is 4.67. The van der Waals surface area contributed by atoms with Crippen LogP contribution in [0.5, 0.6) is 5.75 Å². The summed E-state index contributed by atoms with van der Waals surface area (Å²) >= 11 is 0. The van der Waals surface area contributed by atoms with Crippen molar-refractivity contribution in [1.29, 1.82) is 0 Å². The molecule has 2 aliphatic carbocycles. The predicted molar refractivity (Wildman–Crippen MR) is 161 cm³/mol. The molecule has 0 bridgehead atoms. The van der Waals surface area contributed by atoms with Crippen LogP contribution in [-0.2, 0) is 43.4 Å². The third-order valence-corrected chi connectivity index (χ3v) is 12.6. The van der Waals surface area contributed by atoms with Crippen molar-refractivity contribution >= 4 is 21.7 Å². The summed E-state index contributed by atoms with van der Waals surface area (Å²) in [5, 5.41) is 0. The van der Waals surface area contributed by atoms with Crippen molar-refractivity contribution in [2.45, 2.75) is 73.4 Å². The first-order valence-corrected chi connectivity index (χ1v) is 16.9. The zero-order valence-electron chi connectivity index (χ0n) is 25.2. The van der Waals surface area contributed by atoms with E-state index in [1.165, 1.54) is 18.2 Å². The molecule has 0 aromatic heterocycles. The van der Waals surface area contributed by atoms with Crippen LogP contribution in [0.25, 0.3) is 0 Å². The minimum Gasteiger partial charge on any atom is -0.489 e. The largest absolute Gasteiger partial charge is 0.489 e. The van der Waals surface area contributed by atoms with Crippen LogP contribution in [0.4, 0.5) is 22.0 Å². The molecule has 0 spiro atoms. The van der Waals surface area contributed by atoms with E-state index in [9.17, 15) is 40.0 Å². The average Bonchev–Trinajstić information content (AvgIpc) is 3.45. The van der Waals surface area contributed by atoms with Crippen molar-refractivity contribution in [1.82, 2.24) is 4.90 Å². The lowest BCUT2D eigenvalue weighted by atomic mass is 9.77. The van der Waals surface area contributed by atoms with Crippen LogP contribution >= 0.6 is 0 Å². The first-order chi connectivity index (χ1) is 22.2. The minimum absolute atomic E-state index is 0.0666. The maximum absolute atomic E-state index is 14.6. The quantitative estimate of drug-likeness (QED) is 0.242. The molecular weight excluding hydrogens is 643 g/mol. The van der Waals surface area contributed by atoms with E-state index in [1.54, 1.807) is 17.0 Å². The van der Waals surface area contributed by atoms with Gasteiger partial charge in [0.25, 0.3) is 0 Å². The Morgan fingerprint density at radius 1 is 0.936 bits per heavy atom. The molecule has 47 heavy (non-hydrogen) atoms. The van der Waals surface area contributed by atoms with Gasteiger partial charge < -0.3 is 15.4 Å². The lowest BCUT2D eigenvalue weighted by Gasteiger charge is -2.43. The van der Waals surface area contributed by atoms with Crippen molar-refractivity contribution in [2.75, 3.05) is 6.54 Å². The number of aryl methyl sites for hydroxylation is 1. The predicted octanol–water partition coefficient (Wildman–Crippen LogP) is 6.07. The van der Waals surface area contributed by atoms with Crippen molar-refractivity contribution in [3.8, 4) is 5.75 Å². The van der Waals surface area contributed by atoms with E-state index < -0.39 is 62.1 Å². The molecular formula is C34H33F5N2O5S. The number of carbonyl (C=O) groups is 2. The highest BCUT2D eigenvalue weighted by Crippen LogP contribution is 2.54. The lowest BCUT2D eigenvalue weighted by Crippen LogP contribution is -2.53. The van der Waals surface area contributed by atoms with E-state index >= 15 is 0 Å². The molecule has 2 amide bonds. The minimum atomic E-state index is -4.79. The zero-order valence-corrected chi connectivity index (χ0v) is 26.0. The highest BCUT2D eigenvalue weighted by molar-refractivity contribution is 7.92. The summed E-state index contributed by atoms with van der Waals surface area (Å²) in [6.45, 7) is -0.549. The number of benzene rings is 3. The molecule has 1 heterocycles. The standard InChI is InChI=1S/C34H33F5N2O5S/c35-23-9-12-25(13-10-23)47(44,45)33-16-17-41(32(43)21-6-4-20(5-7-21)31(40)42)30(33)15-8-22-18-24(11-14-27(22)33)46-19-26-28(34(37,38)39)2-1-3-29(26)36/h1-3,9-14,18,20-21,30H,4-8,15-17,19H2,(H2,40,42)/t20-,21-,30-,33-/m1/s1. The van der Waals surface area contributed by atoms with Crippen LogP contribution in [-0.4, -0.2) is 37.7 Å². The third-order valence-electron chi connectivity index (χ3n) is 10.0. The van der Waals surface area contributed by atoms with Gasteiger partial charge in [-0.15, -0.1) is 0 Å². The molecule has 0 radical (unpaired) electrons. The Kier molecular flexibility index (Phi) is 8.56. The van der Waals surface area contributed by atoms with Crippen LogP contribution in [0.15, 0.2) is 65.6 Å². The molecule has 3 aliphatic rings. The fourth-order valence-electron chi connectivity index (χ4n) is 7.67. The Hall–Kier alpha value is -4.00. The van der Waals surface area contributed by atoms with Gasteiger partial charge in [-0.05, 0) is 105 Å². The first kappa shape index (κ1) is 32.9. The summed E-state index contributed by atoms with van der Waals surface area (Å²) in [7, 11) is -4.24. The van der Waals surface area contributed by atoms with Crippen LogP contribution in [0, 0.1) is 23.5 Å². The van der Waals surface area contributed by atoms with E-state index in [0.29, 0.717) is 43.2 Å². The Morgan fingerprint density at radius 2 is 1.62 bits per heavy atom. The number of fused-ring (bicyclic) bond motifs is 3. The topological polar surface area (TPSA) is 107 Å². The highest BCUT2D eigenvalue weighted by atomic mass is 32.2. The second-order valence-electron chi connectivity index (χ2n) is 12.5. The maximum atomic E-state index is 14.6. The second-order valence-corrected chi connectivity index (χ2v) is 14.7. The van der Waals surface area contributed by atoms with Crippen molar-refractivity contribution in [3.05, 3.63) is 94.6 Å². The van der Waals surface area contributed by atoms with Crippen molar-refractivity contribution in [3.63, 3.8) is 0 Å². The van der Waals surface area contributed by atoms with Crippen LogP contribution in [0.1, 0.15) is 60.8 Å². The molecule has 3 aromatic carbocycles. The molecule has 6 rings (SSSR count). The number of rotatable bonds is 7. The van der Waals surface area contributed by atoms with Gasteiger partial charge >= 0.3 is 6.18 Å². The number of amides is 2. The Bertz CT molecular complexity index is 1810. The van der Waals surface area contributed by atoms with Crippen LogP contribution in [0.3, 0.4) is 0 Å². The second kappa shape index (κ2) is 12.2. The van der Waals surface area contributed by atoms with E-state index in [1.807, 2.05) is 0 Å². The number of sulfone groups is 1. The Balaban J connectivity index is 1.35. The van der Waals surface area contributed by atoms with E-state index in [2.05, 4.69) is 0 Å². The van der Waals surface area contributed by atoms with Gasteiger partial charge in [-0.2, -0.15) is 13.2 Å². The molecule has 13 heteroatoms. The molecule has 0 unspecified atom stereocenters. The molecule has 1 aliphatic heterocycles. The van der Waals surface area contributed by atoms with Gasteiger partial charge in [-0.3, -0.25) is 9.59 Å². The SMILES string of the molecule is NC(=O)[C@H]1CC[C@H](C(=O)N2CC[C@@]3(S(=O)(=O)c4ccc(F)cc4)c4ccc(OCc5c(F)cccc5C(F)(F)F)cc4CC[C@@H]23)CC1. The van der Waals surface area contributed by atoms with Gasteiger partial charge in [0.2, 0.25) is 11.8 Å². The fourth-order valence-corrected chi connectivity index (χ4v) is 10.0. The number of halogens is 5. The van der Waals surface area contributed by atoms with Gasteiger partial charge in [-0.1, -0.05) is 12.1 Å². The summed E-state index contributed by atoms with van der Waals surface area (Å²) in [6.07, 6.45) is -2.24. The number of alkyl halides is 3. The van der Waals surface area contributed by atoms with E-state index in [4.69, 9.17) is 10.5 Å². The number of nitrogens with zero attached hydrogens (tertiary/aromatic N) is 1. The van der Waals surface area contributed by atoms with Gasteiger partial charge in [0.1, 0.15) is 28.7 Å². The van der Waals surface area contributed by atoms with Crippen molar-refractivity contribution in [2.24, 2.45) is 17.6 Å². The third kappa shape index (κ3) is 5.76. The van der Waals surface area contributed by atoms with Gasteiger partial charge in [-0.25, -0.2) is 17.2 Å². The Morgan fingerprint density at radius 3 is 2.28 bits per heavy atom. The smallest absolute Gasteiger partial charge is 0.416 e. The van der Waals surface area contributed by atoms with Crippen LogP contribution in [0.2, 0.25) is 0 Å². The Labute approximate surface area is 268 Å². The molecule has 2 N–H and O–H groups in total. The molecule has 1 saturated heterocycles. The molecule has 1 saturated carbocycles. The van der Waals surface area contributed by atoms with Gasteiger partial charge in [0.05, 0.1) is 16.5 Å². The first-order valence-electron chi connectivity index (χ1n) is 15.4. The lowest BCUT2D eigenvalue weighted by molar-refractivity contribution is -0.139. The van der Waals surface area contributed by atoms with Gasteiger partial charge in [0.15, 0.2) is 9.84 Å².